The molecule has 0 spiro atoms. The van der Waals surface area contributed by atoms with Crippen LogP contribution in [0, 0.1) is 5.82 Å². The molecular formula is C23H21FN2S. The number of halogens is 1. The van der Waals surface area contributed by atoms with Crippen LogP contribution in [0.5, 0.6) is 0 Å². The van der Waals surface area contributed by atoms with E-state index in [9.17, 15) is 4.39 Å². The molecule has 4 heteroatoms. The summed E-state index contributed by atoms with van der Waals surface area (Å²) in [6.45, 7) is 2.29. The van der Waals surface area contributed by atoms with Crippen molar-refractivity contribution >= 4 is 16.9 Å². The maximum Gasteiger partial charge on any atom is 0.123 e. The van der Waals surface area contributed by atoms with Gasteiger partial charge in [-0.2, -0.15) is 0 Å². The van der Waals surface area contributed by atoms with E-state index in [2.05, 4.69) is 33.5 Å². The van der Waals surface area contributed by atoms with Crippen molar-refractivity contribution in [2.24, 2.45) is 0 Å². The van der Waals surface area contributed by atoms with Gasteiger partial charge < -0.3 is 0 Å². The van der Waals surface area contributed by atoms with Crippen molar-refractivity contribution in [2.45, 2.75) is 25.3 Å². The number of thiophene rings is 1. The van der Waals surface area contributed by atoms with Crippen LogP contribution in [-0.4, -0.2) is 29.0 Å². The first kappa shape index (κ1) is 16.8. The Labute approximate surface area is 163 Å². The molecule has 2 aliphatic rings. The highest BCUT2D eigenvalue weighted by Gasteiger charge is 2.29. The minimum atomic E-state index is -0.197. The average Bonchev–Trinajstić information content (AvgIpc) is 3.35. The highest BCUT2D eigenvalue weighted by Crippen LogP contribution is 2.45. The fraction of sp³-hybridized carbons (Fsp3) is 0.261. The Morgan fingerprint density at radius 1 is 1.04 bits per heavy atom. The predicted octanol–water partition coefficient (Wildman–Crippen LogP) is 5.87. The standard InChI is InChI=1S/C23H21FN2S/c24-19-5-3-17(4-6-19)23-22(16-7-10-25-11-8-16)21(15-27-23)18-9-13-26-12-1-2-20(26)14-18/h3-11,15,20H,1-2,12-14H2. The molecule has 2 aromatic heterocycles. The third-order valence-corrected chi connectivity index (χ3v) is 6.77. The summed E-state index contributed by atoms with van der Waals surface area (Å²) in [6, 6.07) is 11.7. The number of rotatable bonds is 3. The van der Waals surface area contributed by atoms with Crippen LogP contribution in [0.2, 0.25) is 0 Å². The van der Waals surface area contributed by atoms with Gasteiger partial charge in [-0.25, -0.2) is 4.39 Å². The highest BCUT2D eigenvalue weighted by atomic mass is 32.1. The number of pyridine rings is 1. The van der Waals surface area contributed by atoms with E-state index in [1.54, 1.807) is 23.5 Å². The lowest BCUT2D eigenvalue weighted by atomic mass is 9.90. The molecule has 0 N–H and O–H groups in total. The Morgan fingerprint density at radius 3 is 2.67 bits per heavy atom. The molecule has 1 fully saturated rings. The number of fused-ring (bicyclic) bond motifs is 1. The zero-order valence-corrected chi connectivity index (χ0v) is 15.9. The SMILES string of the molecule is Fc1ccc(-c2scc(C3=CCN4CCCC4C3)c2-c2ccncc2)cc1. The lowest BCUT2D eigenvalue weighted by molar-refractivity contribution is 0.275. The molecule has 1 saturated heterocycles. The van der Waals surface area contributed by atoms with Crippen LogP contribution in [0.3, 0.4) is 0 Å². The second kappa shape index (κ2) is 7.02. The monoisotopic (exact) mass is 376 g/mol. The zero-order valence-electron chi connectivity index (χ0n) is 15.1. The quantitative estimate of drug-likeness (QED) is 0.568. The van der Waals surface area contributed by atoms with Crippen LogP contribution in [0.25, 0.3) is 27.1 Å². The van der Waals surface area contributed by atoms with Crippen molar-refractivity contribution in [3.63, 3.8) is 0 Å². The molecule has 1 aromatic carbocycles. The second-order valence-electron chi connectivity index (χ2n) is 7.32. The molecule has 0 bridgehead atoms. The number of nitrogens with zero attached hydrogens (tertiary/aromatic N) is 2. The molecule has 2 nitrogen and oxygen atoms in total. The lowest BCUT2D eigenvalue weighted by Gasteiger charge is -2.29. The van der Waals surface area contributed by atoms with E-state index < -0.39 is 0 Å². The molecule has 0 saturated carbocycles. The van der Waals surface area contributed by atoms with Gasteiger partial charge >= 0.3 is 0 Å². The lowest BCUT2D eigenvalue weighted by Crippen LogP contribution is -2.32. The summed E-state index contributed by atoms with van der Waals surface area (Å²) in [7, 11) is 0. The number of benzene rings is 1. The van der Waals surface area contributed by atoms with Crippen molar-refractivity contribution in [1.82, 2.24) is 9.88 Å². The molecule has 0 aliphatic carbocycles. The molecule has 4 heterocycles. The second-order valence-corrected chi connectivity index (χ2v) is 8.20. The molecule has 0 amide bonds. The zero-order chi connectivity index (χ0) is 18.2. The van der Waals surface area contributed by atoms with E-state index in [-0.39, 0.29) is 5.82 Å². The van der Waals surface area contributed by atoms with E-state index in [0.29, 0.717) is 6.04 Å². The minimum absolute atomic E-state index is 0.197. The van der Waals surface area contributed by atoms with Crippen molar-refractivity contribution in [3.8, 4) is 21.6 Å². The van der Waals surface area contributed by atoms with Gasteiger partial charge in [0.1, 0.15) is 5.82 Å². The third kappa shape index (κ3) is 3.13. The molecular weight excluding hydrogens is 355 g/mol. The van der Waals surface area contributed by atoms with E-state index >= 15 is 0 Å². The van der Waals surface area contributed by atoms with E-state index in [4.69, 9.17) is 0 Å². The summed E-state index contributed by atoms with van der Waals surface area (Å²) in [5.41, 5.74) is 6.28. The summed E-state index contributed by atoms with van der Waals surface area (Å²) in [6.07, 6.45) is 9.84. The maximum atomic E-state index is 13.4. The average molecular weight is 377 g/mol. The van der Waals surface area contributed by atoms with Crippen LogP contribution in [0.15, 0.2) is 60.2 Å². The molecule has 1 atom stereocenters. The van der Waals surface area contributed by atoms with Crippen LogP contribution in [0.4, 0.5) is 4.39 Å². The van der Waals surface area contributed by atoms with E-state index in [0.717, 1.165) is 18.5 Å². The summed E-state index contributed by atoms with van der Waals surface area (Å²) >= 11 is 1.75. The molecule has 136 valence electrons. The van der Waals surface area contributed by atoms with Crippen molar-refractivity contribution in [3.05, 3.63) is 71.6 Å². The molecule has 5 rings (SSSR count). The minimum Gasteiger partial charge on any atom is -0.296 e. The topological polar surface area (TPSA) is 16.1 Å². The summed E-state index contributed by atoms with van der Waals surface area (Å²) < 4.78 is 13.4. The molecule has 27 heavy (non-hydrogen) atoms. The van der Waals surface area contributed by atoms with Gasteiger partial charge in [-0.15, -0.1) is 11.3 Å². The Bertz CT molecular complexity index is 975. The molecule has 2 aliphatic heterocycles. The normalized spacial score (nSPS) is 19.7. The fourth-order valence-electron chi connectivity index (χ4n) is 4.36. The van der Waals surface area contributed by atoms with Gasteiger partial charge in [0.05, 0.1) is 0 Å². The molecule has 1 unspecified atom stereocenters. The van der Waals surface area contributed by atoms with Gasteiger partial charge in [-0.3, -0.25) is 9.88 Å². The largest absolute Gasteiger partial charge is 0.296 e. The van der Waals surface area contributed by atoms with Crippen molar-refractivity contribution in [1.29, 1.82) is 0 Å². The Morgan fingerprint density at radius 2 is 1.85 bits per heavy atom. The first-order valence-electron chi connectivity index (χ1n) is 9.51. The summed E-state index contributed by atoms with van der Waals surface area (Å²) in [4.78, 5) is 7.99. The van der Waals surface area contributed by atoms with E-state index in [1.165, 1.54) is 46.5 Å². The van der Waals surface area contributed by atoms with Gasteiger partial charge in [0.2, 0.25) is 0 Å². The summed E-state index contributed by atoms with van der Waals surface area (Å²) in [5, 5.41) is 2.28. The highest BCUT2D eigenvalue weighted by molar-refractivity contribution is 7.14. The van der Waals surface area contributed by atoms with Crippen LogP contribution >= 0.6 is 11.3 Å². The van der Waals surface area contributed by atoms with Crippen molar-refractivity contribution < 1.29 is 4.39 Å². The van der Waals surface area contributed by atoms with Crippen molar-refractivity contribution in [2.75, 3.05) is 13.1 Å². The first-order valence-corrected chi connectivity index (χ1v) is 10.4. The van der Waals surface area contributed by atoms with E-state index in [1.807, 2.05) is 24.5 Å². The van der Waals surface area contributed by atoms with Crippen LogP contribution in [0.1, 0.15) is 24.8 Å². The molecule has 3 aromatic rings. The number of hydrogen-bond acceptors (Lipinski definition) is 3. The Balaban J connectivity index is 1.63. The van der Waals surface area contributed by atoms with Gasteiger partial charge in [-0.1, -0.05) is 18.2 Å². The molecule has 0 radical (unpaired) electrons. The third-order valence-electron chi connectivity index (χ3n) is 5.74. The number of aromatic nitrogens is 1. The van der Waals surface area contributed by atoms with Gasteiger partial charge in [0.15, 0.2) is 0 Å². The van der Waals surface area contributed by atoms with Crippen LogP contribution < -0.4 is 0 Å². The van der Waals surface area contributed by atoms with Crippen LogP contribution in [-0.2, 0) is 0 Å². The Kier molecular flexibility index (Phi) is 4.38. The maximum absolute atomic E-state index is 13.4. The summed E-state index contributed by atoms with van der Waals surface area (Å²) in [5.74, 6) is -0.197. The smallest absolute Gasteiger partial charge is 0.123 e. The van der Waals surface area contributed by atoms with Gasteiger partial charge in [0.25, 0.3) is 0 Å². The predicted molar refractivity (Wildman–Crippen MR) is 110 cm³/mol. The fourth-order valence-corrected chi connectivity index (χ4v) is 5.49. The Hall–Kier alpha value is -2.30. The first-order chi connectivity index (χ1) is 13.3. The number of hydrogen-bond donors (Lipinski definition) is 0. The van der Waals surface area contributed by atoms with Gasteiger partial charge in [-0.05, 0) is 77.7 Å². The van der Waals surface area contributed by atoms with Gasteiger partial charge in [0, 0.05) is 35.4 Å².